The lowest BCUT2D eigenvalue weighted by molar-refractivity contribution is -0.136. The van der Waals surface area contributed by atoms with E-state index in [1.165, 1.54) is 41.4 Å². The summed E-state index contributed by atoms with van der Waals surface area (Å²) >= 11 is 0. The van der Waals surface area contributed by atoms with Crippen LogP contribution in [0.25, 0.3) is 0 Å². The topological polar surface area (TPSA) is 108 Å². The smallest absolute Gasteiger partial charge is 0.255 e. The van der Waals surface area contributed by atoms with Crippen LogP contribution in [0.1, 0.15) is 70.1 Å². The van der Waals surface area contributed by atoms with E-state index in [9.17, 15) is 23.6 Å². The van der Waals surface area contributed by atoms with E-state index < -0.39 is 35.4 Å². The molecular weight excluding hydrogens is 446 g/mol. The number of pyridine rings is 1. The van der Waals surface area contributed by atoms with Crippen LogP contribution in [-0.4, -0.2) is 45.2 Å². The van der Waals surface area contributed by atoms with Gasteiger partial charge in [0.2, 0.25) is 11.8 Å². The van der Waals surface area contributed by atoms with Crippen molar-refractivity contribution in [1.82, 2.24) is 20.5 Å². The fraction of sp³-hybridized carbons (Fsp3) is 0.375. The molecule has 3 heterocycles. The number of hydrogen-bond donors (Lipinski definition) is 2. The number of piperidine rings is 1. The number of hydrogen-bond acceptors (Lipinski definition) is 5. The molecule has 1 saturated carbocycles. The summed E-state index contributed by atoms with van der Waals surface area (Å²) in [6.07, 6.45) is 2.73. The number of amides is 4. The number of fused-ring (bicyclic) bond motifs is 1. The monoisotopic (exact) mass is 468 g/mol. The van der Waals surface area contributed by atoms with Crippen LogP contribution in [0.4, 0.5) is 8.78 Å². The number of benzene rings is 1. The van der Waals surface area contributed by atoms with Gasteiger partial charge in [-0.1, -0.05) is 0 Å². The summed E-state index contributed by atoms with van der Waals surface area (Å²) in [7, 11) is 0. The Morgan fingerprint density at radius 1 is 1.24 bits per heavy atom. The molecular formula is C24H22F2N4O4. The molecule has 2 fully saturated rings. The fourth-order valence-electron chi connectivity index (χ4n) is 4.79. The highest BCUT2D eigenvalue weighted by Gasteiger charge is 2.48. The van der Waals surface area contributed by atoms with Crippen molar-refractivity contribution < 1.29 is 28.0 Å². The second kappa shape index (κ2) is 8.27. The average Bonchev–Trinajstić information content (AvgIpc) is 3.12. The van der Waals surface area contributed by atoms with Crippen LogP contribution in [0, 0.1) is 5.82 Å². The molecule has 2 aliphatic heterocycles. The Morgan fingerprint density at radius 2 is 2.03 bits per heavy atom. The zero-order chi connectivity index (χ0) is 24.0. The predicted octanol–water partition coefficient (Wildman–Crippen LogP) is 2.35. The van der Waals surface area contributed by atoms with Gasteiger partial charge in [-0.25, -0.2) is 8.78 Å². The van der Waals surface area contributed by atoms with Gasteiger partial charge in [0.05, 0.1) is 0 Å². The van der Waals surface area contributed by atoms with Gasteiger partial charge < -0.3 is 10.2 Å². The van der Waals surface area contributed by atoms with Crippen molar-refractivity contribution in [3.05, 3.63) is 64.7 Å². The van der Waals surface area contributed by atoms with Crippen LogP contribution in [-0.2, 0) is 16.1 Å². The lowest BCUT2D eigenvalue weighted by Gasteiger charge is -2.40. The number of aromatic nitrogens is 1. The van der Waals surface area contributed by atoms with E-state index in [2.05, 4.69) is 15.6 Å². The second-order valence-corrected chi connectivity index (χ2v) is 8.94. The zero-order valence-corrected chi connectivity index (χ0v) is 18.1. The van der Waals surface area contributed by atoms with Crippen LogP contribution < -0.4 is 10.6 Å². The van der Waals surface area contributed by atoms with Gasteiger partial charge in [-0.05, 0) is 61.6 Å². The first-order valence-electron chi connectivity index (χ1n) is 11.1. The minimum absolute atomic E-state index is 0.104. The molecule has 5 rings (SSSR count). The number of nitrogens with one attached hydrogen (secondary N) is 2. The van der Waals surface area contributed by atoms with E-state index in [1.807, 2.05) is 0 Å². The van der Waals surface area contributed by atoms with Gasteiger partial charge >= 0.3 is 0 Å². The molecule has 2 aromatic rings. The highest BCUT2D eigenvalue weighted by atomic mass is 19.1. The quantitative estimate of drug-likeness (QED) is 0.655. The predicted molar refractivity (Wildman–Crippen MR) is 115 cm³/mol. The standard InChI is InChI=1S/C24H22F2N4O4/c25-16-3-1-10-27-19(16)20(24(26)8-2-9-24)29-21(32)13-4-5-15-14(11-13)12-30(23(15)34)17-6-7-18(31)28-22(17)33/h1,3-5,10-11,17,20H,2,6-9,12H2,(H,29,32)(H,28,31,33)/t17?,20-/m1/s1. The number of imide groups is 1. The van der Waals surface area contributed by atoms with Gasteiger partial charge in [0.15, 0.2) is 0 Å². The Balaban J connectivity index is 1.37. The number of nitrogens with zero attached hydrogens (tertiary/aromatic N) is 2. The summed E-state index contributed by atoms with van der Waals surface area (Å²) in [6.45, 7) is 0.104. The van der Waals surface area contributed by atoms with Crippen molar-refractivity contribution >= 4 is 23.6 Å². The molecule has 0 bridgehead atoms. The maximum Gasteiger partial charge on any atom is 0.255 e. The van der Waals surface area contributed by atoms with Crippen LogP contribution in [0.2, 0.25) is 0 Å². The summed E-state index contributed by atoms with van der Waals surface area (Å²) in [6, 6.07) is 5.01. The molecule has 1 aliphatic carbocycles. The molecule has 1 aromatic carbocycles. The number of carbonyl (C=O) groups excluding carboxylic acids is 4. The Morgan fingerprint density at radius 3 is 2.71 bits per heavy atom. The molecule has 2 atom stereocenters. The second-order valence-electron chi connectivity index (χ2n) is 8.94. The molecule has 1 unspecified atom stereocenters. The van der Waals surface area contributed by atoms with Crippen molar-refractivity contribution in [3.8, 4) is 0 Å². The van der Waals surface area contributed by atoms with Gasteiger partial charge in [-0.3, -0.25) is 29.5 Å². The van der Waals surface area contributed by atoms with E-state index in [-0.39, 0.29) is 55.3 Å². The molecule has 4 amide bonds. The minimum Gasteiger partial charge on any atom is -0.340 e. The van der Waals surface area contributed by atoms with Crippen LogP contribution in [0.3, 0.4) is 0 Å². The largest absolute Gasteiger partial charge is 0.340 e. The molecule has 8 nitrogen and oxygen atoms in total. The molecule has 10 heteroatoms. The molecule has 0 spiro atoms. The number of carbonyl (C=O) groups is 4. The van der Waals surface area contributed by atoms with E-state index in [1.54, 1.807) is 0 Å². The zero-order valence-electron chi connectivity index (χ0n) is 18.1. The summed E-state index contributed by atoms with van der Waals surface area (Å²) < 4.78 is 29.8. The molecule has 176 valence electrons. The lowest BCUT2D eigenvalue weighted by Crippen LogP contribution is -2.52. The molecule has 34 heavy (non-hydrogen) atoms. The maximum atomic E-state index is 15.4. The van der Waals surface area contributed by atoms with E-state index in [4.69, 9.17) is 0 Å². The lowest BCUT2D eigenvalue weighted by atomic mass is 9.75. The van der Waals surface area contributed by atoms with E-state index in [0.717, 1.165) is 0 Å². The molecule has 1 aromatic heterocycles. The van der Waals surface area contributed by atoms with Crippen molar-refractivity contribution in [2.24, 2.45) is 0 Å². The Labute approximate surface area is 193 Å². The number of alkyl halides is 1. The van der Waals surface area contributed by atoms with Crippen LogP contribution in [0.15, 0.2) is 36.5 Å². The number of rotatable bonds is 5. The number of halogens is 2. The summed E-state index contributed by atoms with van der Waals surface area (Å²) in [4.78, 5) is 54.9. The van der Waals surface area contributed by atoms with E-state index >= 15 is 4.39 Å². The molecule has 2 N–H and O–H groups in total. The van der Waals surface area contributed by atoms with Gasteiger partial charge in [0.25, 0.3) is 11.8 Å². The summed E-state index contributed by atoms with van der Waals surface area (Å²) in [5, 5.41) is 4.85. The third-order valence-electron chi connectivity index (χ3n) is 6.82. The SMILES string of the molecule is O=C1CCC(N2Cc3cc(C(=O)N[C@H](c4ncccc4F)C4(F)CCC4)ccc3C2=O)C(=O)N1. The summed E-state index contributed by atoms with van der Waals surface area (Å²) in [5.41, 5.74) is -0.865. The molecule has 0 radical (unpaired) electrons. The normalized spacial score (nSPS) is 22.0. The first-order chi connectivity index (χ1) is 16.3. The van der Waals surface area contributed by atoms with Gasteiger partial charge in [-0.15, -0.1) is 0 Å². The van der Waals surface area contributed by atoms with Crippen molar-refractivity contribution in [1.29, 1.82) is 0 Å². The fourth-order valence-corrected chi connectivity index (χ4v) is 4.79. The first kappa shape index (κ1) is 22.1. The average molecular weight is 468 g/mol. The van der Waals surface area contributed by atoms with Gasteiger partial charge in [0, 0.05) is 30.3 Å². The highest BCUT2D eigenvalue weighted by molar-refractivity contribution is 6.06. The van der Waals surface area contributed by atoms with E-state index in [0.29, 0.717) is 17.5 Å². The molecule has 1 saturated heterocycles. The third-order valence-corrected chi connectivity index (χ3v) is 6.82. The first-order valence-corrected chi connectivity index (χ1v) is 11.1. The van der Waals surface area contributed by atoms with Gasteiger partial charge in [0.1, 0.15) is 29.3 Å². The Kier molecular flexibility index (Phi) is 5.38. The summed E-state index contributed by atoms with van der Waals surface area (Å²) in [5.74, 6) is -2.57. The van der Waals surface area contributed by atoms with Crippen molar-refractivity contribution in [2.75, 3.05) is 0 Å². The minimum atomic E-state index is -1.79. The Hall–Kier alpha value is -3.69. The Bertz CT molecular complexity index is 1210. The van der Waals surface area contributed by atoms with Crippen molar-refractivity contribution in [2.45, 2.75) is 56.4 Å². The third kappa shape index (κ3) is 3.72. The maximum absolute atomic E-state index is 15.4. The van der Waals surface area contributed by atoms with Crippen molar-refractivity contribution in [3.63, 3.8) is 0 Å². The molecule has 3 aliphatic rings. The highest BCUT2D eigenvalue weighted by Crippen LogP contribution is 2.45. The van der Waals surface area contributed by atoms with Crippen LogP contribution >= 0.6 is 0 Å². The van der Waals surface area contributed by atoms with Crippen LogP contribution in [0.5, 0.6) is 0 Å². The van der Waals surface area contributed by atoms with Gasteiger partial charge in [-0.2, -0.15) is 0 Å².